The molecule has 0 bridgehead atoms. The Labute approximate surface area is 111 Å². The van der Waals surface area contributed by atoms with Crippen LogP contribution < -0.4 is 5.30 Å². The summed E-state index contributed by atoms with van der Waals surface area (Å²) in [5.74, 6) is 0. The van der Waals surface area contributed by atoms with Crippen LogP contribution in [0.3, 0.4) is 0 Å². The molecule has 0 N–H and O–H groups in total. The molecule has 1 atom stereocenters. The van der Waals surface area contributed by atoms with Gasteiger partial charge in [0.1, 0.15) is 0 Å². The molecule has 18 heavy (non-hydrogen) atoms. The van der Waals surface area contributed by atoms with Crippen molar-refractivity contribution in [1.82, 2.24) is 5.01 Å². The van der Waals surface area contributed by atoms with Gasteiger partial charge in [-0.1, -0.05) is 39.3 Å². The molecular formula is C14H22N3P. The quantitative estimate of drug-likeness (QED) is 0.585. The van der Waals surface area contributed by atoms with Crippen LogP contribution in [0.25, 0.3) is 0 Å². The Morgan fingerprint density at radius 3 is 2.50 bits per heavy atom. The lowest BCUT2D eigenvalue weighted by molar-refractivity contribution is 0.224. The number of hydrogen-bond donors (Lipinski definition) is 0. The second-order valence-corrected chi connectivity index (χ2v) is 6.11. The van der Waals surface area contributed by atoms with Crippen LogP contribution in [-0.2, 0) is 0 Å². The molecule has 98 valence electrons. The number of rotatable bonds is 5. The minimum Gasteiger partial charge on any atom is -0.278 e. The summed E-state index contributed by atoms with van der Waals surface area (Å²) < 4.78 is 0. The largest absolute Gasteiger partial charge is 0.278 e. The molecule has 3 nitrogen and oxygen atoms in total. The fourth-order valence-electron chi connectivity index (χ4n) is 2.00. The summed E-state index contributed by atoms with van der Waals surface area (Å²) >= 11 is 0. The van der Waals surface area contributed by atoms with E-state index in [4.69, 9.17) is 0 Å². The van der Waals surface area contributed by atoms with Gasteiger partial charge in [-0.2, -0.15) is 0 Å². The predicted octanol–water partition coefficient (Wildman–Crippen LogP) is 3.89. The van der Waals surface area contributed by atoms with Crippen LogP contribution in [0, 0.1) is 0 Å². The zero-order valence-corrected chi connectivity index (χ0v) is 12.1. The Morgan fingerprint density at radius 1 is 1.11 bits per heavy atom. The molecule has 1 heterocycles. The highest BCUT2D eigenvalue weighted by atomic mass is 31.1. The van der Waals surface area contributed by atoms with Crippen molar-refractivity contribution < 1.29 is 0 Å². The molecule has 1 unspecified atom stereocenters. The van der Waals surface area contributed by atoms with Crippen molar-refractivity contribution in [2.75, 3.05) is 19.3 Å². The minimum atomic E-state index is 0.925. The van der Waals surface area contributed by atoms with Gasteiger partial charge in [-0.25, -0.2) is 0 Å². The van der Waals surface area contributed by atoms with Gasteiger partial charge in [0.2, 0.25) is 0 Å². The fourth-order valence-corrected chi connectivity index (χ4v) is 2.94. The fraction of sp³-hybridized carbons (Fsp3) is 0.571. The average Bonchev–Trinajstić information content (AvgIpc) is 2.45. The first-order valence-corrected chi connectivity index (χ1v) is 8.10. The molecule has 4 heteroatoms. The number of hydrogen-bond acceptors (Lipinski definition) is 2. The first-order valence-electron chi connectivity index (χ1n) is 6.89. The van der Waals surface area contributed by atoms with Crippen LogP contribution in [0.5, 0.6) is 0 Å². The molecule has 0 spiro atoms. The summed E-state index contributed by atoms with van der Waals surface area (Å²) in [5, 5.41) is 12.1. The molecule has 1 aromatic rings. The Balaban J connectivity index is 1.86. The summed E-state index contributed by atoms with van der Waals surface area (Å²) in [7, 11) is 0.925. The zero-order valence-electron chi connectivity index (χ0n) is 11.1. The van der Waals surface area contributed by atoms with Gasteiger partial charge in [0.15, 0.2) is 0 Å². The van der Waals surface area contributed by atoms with Crippen molar-refractivity contribution in [3.05, 3.63) is 24.3 Å². The van der Waals surface area contributed by atoms with Crippen LogP contribution in [0.4, 0.5) is 5.69 Å². The summed E-state index contributed by atoms with van der Waals surface area (Å²) in [4.78, 5) is 0. The van der Waals surface area contributed by atoms with Gasteiger partial charge in [0, 0.05) is 13.1 Å². The van der Waals surface area contributed by atoms with E-state index in [1.807, 2.05) is 0 Å². The van der Waals surface area contributed by atoms with Crippen molar-refractivity contribution in [3.8, 4) is 0 Å². The van der Waals surface area contributed by atoms with Gasteiger partial charge >= 0.3 is 0 Å². The monoisotopic (exact) mass is 263 g/mol. The van der Waals surface area contributed by atoms with Crippen molar-refractivity contribution in [1.29, 1.82) is 0 Å². The molecule has 0 aromatic heterocycles. The second kappa shape index (κ2) is 7.48. The smallest absolute Gasteiger partial charge is 0.0874 e. The molecular weight excluding hydrogens is 241 g/mol. The van der Waals surface area contributed by atoms with Gasteiger partial charge in [-0.05, 0) is 42.9 Å². The maximum Gasteiger partial charge on any atom is 0.0874 e. The molecule has 1 saturated heterocycles. The summed E-state index contributed by atoms with van der Waals surface area (Å²) in [6.45, 7) is 4.34. The molecule has 2 rings (SSSR count). The maximum atomic E-state index is 4.31. The second-order valence-electron chi connectivity index (χ2n) is 4.68. The van der Waals surface area contributed by atoms with Gasteiger partial charge in [0.05, 0.1) is 5.69 Å². The zero-order chi connectivity index (χ0) is 12.6. The van der Waals surface area contributed by atoms with Crippen LogP contribution in [-0.4, -0.2) is 24.3 Å². The summed E-state index contributed by atoms with van der Waals surface area (Å²) in [6.07, 6.45) is 6.37. The van der Waals surface area contributed by atoms with Gasteiger partial charge in [-0.15, -0.1) is 5.11 Å². The third-order valence-corrected chi connectivity index (χ3v) is 4.56. The lowest BCUT2D eigenvalue weighted by atomic mass is 10.2. The third kappa shape index (κ3) is 4.38. The maximum absolute atomic E-state index is 4.31. The Kier molecular flexibility index (Phi) is 5.60. The average molecular weight is 263 g/mol. The SMILES string of the molecule is CCCPc1ccc(/N=N\N2CCCCC2)cc1. The van der Waals surface area contributed by atoms with E-state index in [-0.39, 0.29) is 0 Å². The van der Waals surface area contributed by atoms with Crippen LogP contribution in [0.1, 0.15) is 32.6 Å². The van der Waals surface area contributed by atoms with Crippen LogP contribution in [0.2, 0.25) is 0 Å². The van der Waals surface area contributed by atoms with Crippen molar-refractivity contribution in [3.63, 3.8) is 0 Å². The standard InChI is InChI=1S/C14H22N3P/c1-2-12-18-14-8-6-13(7-9-14)15-16-17-10-4-3-5-11-17/h6-9,18H,2-5,10-12H2,1H3/b16-15-. The molecule has 0 amide bonds. The van der Waals surface area contributed by atoms with E-state index in [9.17, 15) is 0 Å². The third-order valence-electron chi connectivity index (χ3n) is 3.07. The topological polar surface area (TPSA) is 28.0 Å². The Bertz CT molecular complexity index is 369. The number of benzene rings is 1. The molecule has 1 aliphatic rings. The van der Waals surface area contributed by atoms with Gasteiger partial charge in [0.25, 0.3) is 0 Å². The highest BCUT2D eigenvalue weighted by Crippen LogP contribution is 2.17. The van der Waals surface area contributed by atoms with E-state index in [1.54, 1.807) is 0 Å². The lowest BCUT2D eigenvalue weighted by Gasteiger charge is -2.21. The first kappa shape index (κ1) is 13.5. The van der Waals surface area contributed by atoms with Crippen molar-refractivity contribution in [2.45, 2.75) is 32.6 Å². The van der Waals surface area contributed by atoms with E-state index < -0.39 is 0 Å². The number of piperidine rings is 1. The first-order chi connectivity index (χ1) is 8.88. The molecule has 0 saturated carbocycles. The van der Waals surface area contributed by atoms with E-state index in [0.29, 0.717) is 0 Å². The minimum absolute atomic E-state index is 0.925. The van der Waals surface area contributed by atoms with Crippen molar-refractivity contribution in [2.24, 2.45) is 10.3 Å². The normalized spacial score (nSPS) is 17.1. The van der Waals surface area contributed by atoms with E-state index in [1.165, 1.54) is 37.1 Å². The highest BCUT2D eigenvalue weighted by molar-refractivity contribution is 7.47. The number of nitrogens with zero attached hydrogens (tertiary/aromatic N) is 3. The van der Waals surface area contributed by atoms with Crippen LogP contribution in [0.15, 0.2) is 34.6 Å². The Hall–Kier alpha value is -0.950. The highest BCUT2D eigenvalue weighted by Gasteiger charge is 2.06. The van der Waals surface area contributed by atoms with E-state index in [2.05, 4.69) is 46.5 Å². The van der Waals surface area contributed by atoms with E-state index >= 15 is 0 Å². The van der Waals surface area contributed by atoms with Gasteiger partial charge < -0.3 is 0 Å². The Morgan fingerprint density at radius 2 is 1.83 bits per heavy atom. The van der Waals surface area contributed by atoms with Crippen LogP contribution >= 0.6 is 8.58 Å². The molecule has 1 fully saturated rings. The molecule has 0 radical (unpaired) electrons. The summed E-state index contributed by atoms with van der Waals surface area (Å²) in [6, 6.07) is 8.51. The molecule has 0 aliphatic carbocycles. The summed E-state index contributed by atoms with van der Waals surface area (Å²) in [5.41, 5.74) is 0.964. The predicted molar refractivity (Wildman–Crippen MR) is 79.5 cm³/mol. The van der Waals surface area contributed by atoms with E-state index in [0.717, 1.165) is 27.4 Å². The van der Waals surface area contributed by atoms with Crippen molar-refractivity contribution >= 4 is 19.6 Å². The molecule has 1 aliphatic heterocycles. The lowest BCUT2D eigenvalue weighted by Crippen LogP contribution is -2.23. The molecule has 1 aromatic carbocycles. The van der Waals surface area contributed by atoms with Gasteiger partial charge in [-0.3, -0.25) is 5.01 Å².